The van der Waals surface area contributed by atoms with E-state index in [2.05, 4.69) is 49.7 Å². The number of aromatic nitrogens is 3. The summed E-state index contributed by atoms with van der Waals surface area (Å²) in [6.45, 7) is 9.18. The molecule has 0 spiro atoms. The van der Waals surface area contributed by atoms with E-state index in [-0.39, 0.29) is 41.9 Å². The lowest BCUT2D eigenvalue weighted by Gasteiger charge is -2.50. The summed E-state index contributed by atoms with van der Waals surface area (Å²) >= 11 is 0. The lowest BCUT2D eigenvalue weighted by atomic mass is 9.78. The number of hydrogen-bond donors (Lipinski definition) is 4. The summed E-state index contributed by atoms with van der Waals surface area (Å²) in [4.78, 5) is 61.2. The first kappa shape index (κ1) is 48.2. The molecule has 2 atom stereocenters. The summed E-state index contributed by atoms with van der Waals surface area (Å²) in [7, 11) is 0. The maximum atomic E-state index is 15.4. The molecule has 0 aliphatic carbocycles. The highest BCUT2D eigenvalue weighted by atomic mass is 19.4. The van der Waals surface area contributed by atoms with Crippen LogP contribution in [0.3, 0.4) is 0 Å². The molecule has 0 saturated carbocycles. The zero-order valence-electron chi connectivity index (χ0n) is 39.2. The van der Waals surface area contributed by atoms with Gasteiger partial charge in [-0.15, -0.1) is 0 Å². The number of nitrogens with one attached hydrogen (secondary N) is 4. The third kappa shape index (κ3) is 10.6. The Bertz CT molecular complexity index is 2850. The van der Waals surface area contributed by atoms with Crippen molar-refractivity contribution >= 4 is 45.8 Å². The Balaban J connectivity index is 0.759. The highest BCUT2D eigenvalue weighted by Gasteiger charge is 2.40. The van der Waals surface area contributed by atoms with Crippen molar-refractivity contribution in [3.8, 4) is 11.1 Å². The first-order valence-corrected chi connectivity index (χ1v) is 23.9. The van der Waals surface area contributed by atoms with Crippen LogP contribution in [0.1, 0.15) is 72.6 Å². The molecule has 3 aliphatic heterocycles. The van der Waals surface area contributed by atoms with Gasteiger partial charge in [-0.1, -0.05) is 54.6 Å². The fraction of sp³-hybridized carbons (Fsp3) is 0.377. The molecule has 4 aromatic carbocycles. The van der Waals surface area contributed by atoms with Crippen molar-refractivity contribution in [1.29, 1.82) is 0 Å². The largest absolute Gasteiger partial charge is 0.416 e. The number of nitrogens with zero attached hydrogens (tertiary/aromatic N) is 5. The van der Waals surface area contributed by atoms with E-state index >= 15 is 4.39 Å². The van der Waals surface area contributed by atoms with E-state index < -0.39 is 29.7 Å². The van der Waals surface area contributed by atoms with Crippen molar-refractivity contribution in [2.24, 2.45) is 5.92 Å². The number of anilines is 2. The average Bonchev–Trinajstić information content (AvgIpc) is 4.01. The van der Waals surface area contributed by atoms with E-state index in [0.717, 1.165) is 71.2 Å². The minimum absolute atomic E-state index is 0.00351. The van der Waals surface area contributed by atoms with Crippen molar-refractivity contribution < 1.29 is 36.7 Å². The summed E-state index contributed by atoms with van der Waals surface area (Å²) in [5, 5.41) is 14.0. The monoisotopic (exact) mass is 959 g/mol. The molecular weight excluding hydrogens is 903 g/mol. The molecule has 0 radical (unpaired) electrons. The number of carbonyl (C=O) groups excluding carboxylic acids is 4. The normalized spacial score (nSPS) is 18.0. The Morgan fingerprint density at radius 3 is 2.30 bits per heavy atom. The number of piperazine rings is 1. The van der Waals surface area contributed by atoms with E-state index in [1.807, 2.05) is 59.6 Å². The topological polar surface area (TPSA) is 148 Å². The number of carbonyl (C=O) groups is 4. The molecule has 6 aromatic rings. The van der Waals surface area contributed by atoms with E-state index in [0.29, 0.717) is 68.4 Å². The van der Waals surface area contributed by atoms with Crippen LogP contribution in [0, 0.1) is 11.7 Å². The molecule has 3 fully saturated rings. The lowest BCUT2D eigenvalue weighted by Crippen LogP contribution is -2.59. The number of alkyl halides is 3. The third-order valence-corrected chi connectivity index (χ3v) is 14.5. The second-order valence-corrected chi connectivity index (χ2v) is 19.1. The predicted molar refractivity (Wildman–Crippen MR) is 260 cm³/mol. The molecule has 13 nitrogen and oxygen atoms in total. The number of piperidine rings is 2. The van der Waals surface area contributed by atoms with Gasteiger partial charge in [0.25, 0.3) is 0 Å². The van der Waals surface area contributed by atoms with Gasteiger partial charge in [0, 0.05) is 97.9 Å². The molecule has 2 aromatic heterocycles. The van der Waals surface area contributed by atoms with Crippen LogP contribution in [0.5, 0.6) is 0 Å². The quantitative estimate of drug-likeness (QED) is 0.0457. The van der Waals surface area contributed by atoms with Crippen molar-refractivity contribution in [1.82, 2.24) is 35.2 Å². The second-order valence-electron chi connectivity index (χ2n) is 19.1. The van der Waals surface area contributed by atoms with E-state index in [4.69, 9.17) is 0 Å². The summed E-state index contributed by atoms with van der Waals surface area (Å²) in [6, 6.07) is 23.9. The second kappa shape index (κ2) is 20.2. The first-order valence-electron chi connectivity index (χ1n) is 23.9. The molecule has 3 amide bonds. The molecular formula is C53H57F4N9O4. The Hall–Kier alpha value is -6.85. The fourth-order valence-corrected chi connectivity index (χ4v) is 10.2. The molecule has 70 heavy (non-hydrogen) atoms. The Morgan fingerprint density at radius 2 is 1.60 bits per heavy atom. The number of H-pyrrole nitrogens is 1. The number of likely N-dealkylation sites (tertiary alicyclic amines) is 1. The number of ketones is 1. The van der Waals surface area contributed by atoms with Crippen LogP contribution in [0.15, 0.2) is 110 Å². The van der Waals surface area contributed by atoms with Gasteiger partial charge in [-0.05, 0) is 98.5 Å². The van der Waals surface area contributed by atoms with E-state index in [9.17, 15) is 32.3 Å². The number of aromatic amines is 1. The van der Waals surface area contributed by atoms with Gasteiger partial charge in [-0.3, -0.25) is 34.1 Å². The number of amides is 3. The summed E-state index contributed by atoms with van der Waals surface area (Å²) in [5.41, 5.74) is 4.65. The van der Waals surface area contributed by atoms with Gasteiger partial charge in [0.1, 0.15) is 18.4 Å². The number of fused-ring (bicyclic) bond motifs is 1. The SMILES string of the molecule is CC(C)(C1CCN(C(=O)Cn2cc(-c3ccc4c(C(=O)C(NCCc5ccc(C(F)(F)F)cc5)c5ccccc5)c[nH]c4c3)cn2)CC1)N1CCN(c2ccc(NC3CCC(=O)NC3=O)cc2F)CC1. The van der Waals surface area contributed by atoms with Crippen LogP contribution >= 0.6 is 0 Å². The third-order valence-electron chi connectivity index (χ3n) is 14.5. The Morgan fingerprint density at radius 1 is 0.857 bits per heavy atom. The number of imide groups is 1. The molecule has 3 saturated heterocycles. The van der Waals surface area contributed by atoms with E-state index in [1.165, 1.54) is 18.2 Å². The van der Waals surface area contributed by atoms with Crippen molar-refractivity contribution in [2.45, 2.75) is 76.3 Å². The van der Waals surface area contributed by atoms with Gasteiger partial charge in [-0.2, -0.15) is 18.3 Å². The Labute approximate surface area is 403 Å². The van der Waals surface area contributed by atoms with Gasteiger partial charge in [-0.25, -0.2) is 4.39 Å². The summed E-state index contributed by atoms with van der Waals surface area (Å²) in [6.07, 6.45) is 3.65. The zero-order chi connectivity index (χ0) is 49.2. The maximum absolute atomic E-state index is 15.4. The maximum Gasteiger partial charge on any atom is 0.416 e. The van der Waals surface area contributed by atoms with Crippen molar-refractivity contribution in [3.05, 3.63) is 138 Å². The van der Waals surface area contributed by atoms with Crippen molar-refractivity contribution in [3.63, 3.8) is 0 Å². The van der Waals surface area contributed by atoms with Crippen LogP contribution in [-0.2, 0) is 33.5 Å². The molecule has 2 unspecified atom stereocenters. The van der Waals surface area contributed by atoms with Gasteiger partial charge in [0.05, 0.1) is 23.5 Å². The minimum atomic E-state index is -4.40. The Kier molecular flexibility index (Phi) is 13.9. The minimum Gasteiger partial charge on any atom is -0.374 e. The number of rotatable bonds is 15. The van der Waals surface area contributed by atoms with Crippen LogP contribution in [0.4, 0.5) is 28.9 Å². The standard InChI is InChI=1S/C53H57F4N9O4/c1-52(2,65-26-24-63(25-27-65)46-16-13-40(29-43(46)54)61-44-15-17-47(67)62-51(44)70)38-19-22-64(23-20-38)48(68)33-66-32-37(30-60-66)36-10-14-41-42(31-59-45(41)28-36)50(69)49(35-6-4-3-5-7-35)58-21-18-34-8-11-39(12-9-34)53(55,56)57/h3-14,16,28-32,38,44,49,58-59,61H,15,17-27,33H2,1-2H3,(H,62,67,70). The number of halogens is 4. The molecule has 5 heterocycles. The van der Waals surface area contributed by atoms with Gasteiger partial charge in [0.15, 0.2) is 5.78 Å². The van der Waals surface area contributed by atoms with Crippen LogP contribution in [0.2, 0.25) is 0 Å². The molecule has 17 heteroatoms. The van der Waals surface area contributed by atoms with Crippen molar-refractivity contribution in [2.75, 3.05) is 56.0 Å². The van der Waals surface area contributed by atoms with Crippen LogP contribution in [-0.4, -0.2) is 105 Å². The first-order chi connectivity index (χ1) is 33.6. The lowest BCUT2D eigenvalue weighted by molar-refractivity contribution is -0.138. The van der Waals surface area contributed by atoms with E-state index in [1.54, 1.807) is 29.2 Å². The number of benzene rings is 4. The molecule has 3 aliphatic rings. The van der Waals surface area contributed by atoms with Gasteiger partial charge in [0.2, 0.25) is 17.7 Å². The fourth-order valence-electron chi connectivity index (χ4n) is 10.2. The molecule has 4 N–H and O–H groups in total. The smallest absolute Gasteiger partial charge is 0.374 e. The zero-order valence-corrected chi connectivity index (χ0v) is 39.2. The summed E-state index contributed by atoms with van der Waals surface area (Å²) < 4.78 is 56.3. The highest BCUT2D eigenvalue weighted by molar-refractivity contribution is 6.11. The molecule has 366 valence electrons. The average molecular weight is 960 g/mol. The van der Waals surface area contributed by atoms with Crippen LogP contribution < -0.4 is 20.9 Å². The predicted octanol–water partition coefficient (Wildman–Crippen LogP) is 8.00. The molecule has 0 bridgehead atoms. The number of hydrogen-bond acceptors (Lipinski definition) is 9. The van der Waals surface area contributed by atoms with Gasteiger partial charge < -0.3 is 25.4 Å². The highest BCUT2D eigenvalue weighted by Crippen LogP contribution is 2.36. The molecule has 9 rings (SSSR count). The van der Waals surface area contributed by atoms with Gasteiger partial charge >= 0.3 is 6.18 Å². The summed E-state index contributed by atoms with van der Waals surface area (Å²) in [5.74, 6) is -0.831. The number of Topliss-reactive ketones (excluding diaryl/α,β-unsaturated/α-hetero) is 1. The van der Waals surface area contributed by atoms with Crippen LogP contribution in [0.25, 0.3) is 22.0 Å².